The fourth-order valence-corrected chi connectivity index (χ4v) is 9.94. The molecule has 0 atom stereocenters. The van der Waals surface area contributed by atoms with E-state index in [1.807, 2.05) is 42.5 Å². The summed E-state index contributed by atoms with van der Waals surface area (Å²) in [5, 5.41) is 8.50. The minimum absolute atomic E-state index is 0.558. The van der Waals surface area contributed by atoms with Crippen LogP contribution in [0.2, 0.25) is 0 Å². The van der Waals surface area contributed by atoms with E-state index >= 15 is 0 Å². The van der Waals surface area contributed by atoms with Gasteiger partial charge in [-0.3, -0.25) is 0 Å². The Labute approximate surface area is 382 Å². The Morgan fingerprint density at radius 3 is 1.70 bits per heavy atom. The van der Waals surface area contributed by atoms with Crippen LogP contribution in [-0.2, 0) is 0 Å². The van der Waals surface area contributed by atoms with Gasteiger partial charge in [-0.15, -0.1) is 0 Å². The van der Waals surface area contributed by atoms with Crippen LogP contribution >= 0.6 is 0 Å². The smallest absolute Gasteiger partial charge is 0.227 e. The van der Waals surface area contributed by atoms with Gasteiger partial charge in [0, 0.05) is 44.1 Å². The van der Waals surface area contributed by atoms with Crippen molar-refractivity contribution in [3.8, 4) is 62.4 Å². The molecule has 0 spiro atoms. The lowest BCUT2D eigenvalue weighted by Gasteiger charge is -2.12. The van der Waals surface area contributed by atoms with Crippen molar-refractivity contribution in [1.82, 2.24) is 24.5 Å². The number of hydrogen-bond donors (Lipinski definition) is 0. The molecule has 0 saturated carbocycles. The van der Waals surface area contributed by atoms with Gasteiger partial charge in [0.05, 0.1) is 16.4 Å². The van der Waals surface area contributed by atoms with Crippen LogP contribution in [0.3, 0.4) is 0 Å². The first-order valence-corrected chi connectivity index (χ1v) is 22.4. The molecule has 4 heterocycles. The van der Waals surface area contributed by atoms with Gasteiger partial charge < -0.3 is 13.4 Å². The Kier molecular flexibility index (Phi) is 8.15. The summed E-state index contributed by atoms with van der Waals surface area (Å²) in [5.41, 5.74) is 12.0. The van der Waals surface area contributed by atoms with Gasteiger partial charge in [-0.25, -0.2) is 19.9 Å². The molecule has 7 nitrogen and oxygen atoms in total. The summed E-state index contributed by atoms with van der Waals surface area (Å²) in [6.07, 6.45) is 0. The van der Waals surface area contributed by atoms with Gasteiger partial charge in [0.15, 0.2) is 23.1 Å². The largest absolute Gasteiger partial charge is 0.456 e. The Morgan fingerprint density at radius 1 is 0.343 bits per heavy atom. The zero-order chi connectivity index (χ0) is 44.0. The second kappa shape index (κ2) is 14.7. The van der Waals surface area contributed by atoms with E-state index in [4.69, 9.17) is 28.8 Å². The maximum absolute atomic E-state index is 6.75. The van der Waals surface area contributed by atoms with Crippen molar-refractivity contribution in [1.29, 1.82) is 0 Å². The van der Waals surface area contributed by atoms with Crippen LogP contribution in [0.25, 0.3) is 139 Å². The average molecular weight is 858 g/mol. The van der Waals surface area contributed by atoms with E-state index < -0.39 is 0 Å². The predicted molar refractivity (Wildman–Crippen MR) is 271 cm³/mol. The van der Waals surface area contributed by atoms with Crippen LogP contribution in [0.15, 0.2) is 221 Å². The molecule has 0 radical (unpaired) electrons. The summed E-state index contributed by atoms with van der Waals surface area (Å²) in [6.45, 7) is 0. The first-order chi connectivity index (χ1) is 33.2. The molecule has 4 aromatic heterocycles. The molecule has 14 rings (SSSR count). The van der Waals surface area contributed by atoms with Crippen LogP contribution in [0.4, 0.5) is 0 Å². The maximum Gasteiger partial charge on any atom is 0.227 e. The number of rotatable bonds is 6. The molecule has 7 heteroatoms. The summed E-state index contributed by atoms with van der Waals surface area (Å²) in [6, 6.07) is 73.4. The highest BCUT2D eigenvalue weighted by atomic mass is 16.4. The summed E-state index contributed by atoms with van der Waals surface area (Å²) in [4.78, 5) is 20.8. The molecule has 312 valence electrons. The van der Waals surface area contributed by atoms with Gasteiger partial charge >= 0.3 is 0 Å². The van der Waals surface area contributed by atoms with E-state index in [1.165, 1.54) is 10.8 Å². The van der Waals surface area contributed by atoms with Gasteiger partial charge in [0.1, 0.15) is 16.7 Å². The van der Waals surface area contributed by atoms with Gasteiger partial charge in [0.2, 0.25) is 5.89 Å². The number of hydrogen-bond acceptors (Lipinski definition) is 6. The molecule has 0 aliphatic carbocycles. The van der Waals surface area contributed by atoms with E-state index in [0.29, 0.717) is 28.9 Å². The molecule has 0 N–H and O–H groups in total. The lowest BCUT2D eigenvalue weighted by atomic mass is 10.0. The topological polar surface area (TPSA) is 82.8 Å². The molecule has 14 aromatic rings. The molecule has 0 fully saturated rings. The highest BCUT2D eigenvalue weighted by molar-refractivity contribution is 6.25. The monoisotopic (exact) mass is 857 g/mol. The predicted octanol–water partition coefficient (Wildman–Crippen LogP) is 15.7. The van der Waals surface area contributed by atoms with Crippen molar-refractivity contribution < 1.29 is 8.83 Å². The van der Waals surface area contributed by atoms with Crippen molar-refractivity contribution in [3.63, 3.8) is 0 Å². The lowest BCUT2D eigenvalue weighted by molar-refractivity contribution is 0.623. The third-order valence-corrected chi connectivity index (χ3v) is 13.1. The van der Waals surface area contributed by atoms with Gasteiger partial charge in [-0.2, -0.15) is 0 Å². The van der Waals surface area contributed by atoms with E-state index in [9.17, 15) is 0 Å². The van der Waals surface area contributed by atoms with Crippen molar-refractivity contribution in [2.45, 2.75) is 0 Å². The SMILES string of the molecule is c1ccc(-c2cccc(-c3nc(-c4cccc(-n5c6ccccc6c6ccccc65)c4)nc(-c4ccc5ccc6oc7ccc8nc(-c9cccc%10ccccc9%10)oc8c7c6c5c4)n3)c2)cc1. The van der Waals surface area contributed by atoms with Crippen LogP contribution in [0.5, 0.6) is 0 Å². The minimum atomic E-state index is 0.558. The Hall–Kier alpha value is -9.20. The van der Waals surface area contributed by atoms with Crippen molar-refractivity contribution in [2.75, 3.05) is 0 Å². The highest BCUT2D eigenvalue weighted by Crippen LogP contribution is 2.42. The second-order valence-corrected chi connectivity index (χ2v) is 17.0. The number of oxazole rings is 1. The number of fused-ring (bicyclic) bond motifs is 11. The fraction of sp³-hybridized carbons (Fsp3) is 0. The summed E-state index contributed by atoms with van der Waals surface area (Å²) < 4.78 is 15.6. The standard InChI is InChI=1S/C60H35N5O2/c1-2-13-36(14-3-1)39-17-10-18-40(33-39)57-62-58(41-19-11-20-43(34-41)65-50-25-8-6-22-45(50)46-23-7-9-26-51(46)65)64-59(63-57)42-28-27-38-29-31-52-54(48(38)35-42)55-53(66-52)32-30-49-56(55)67-60(61-49)47-24-12-16-37-15-4-5-21-44(37)47/h1-35H. The second-order valence-electron chi connectivity index (χ2n) is 17.0. The quantitative estimate of drug-likeness (QED) is 0.166. The van der Waals surface area contributed by atoms with E-state index in [0.717, 1.165) is 99.1 Å². The van der Waals surface area contributed by atoms with Gasteiger partial charge in [0.25, 0.3) is 0 Å². The number of para-hydroxylation sites is 2. The summed E-state index contributed by atoms with van der Waals surface area (Å²) >= 11 is 0. The van der Waals surface area contributed by atoms with E-state index in [1.54, 1.807) is 0 Å². The Bertz CT molecular complexity index is 4240. The normalized spacial score (nSPS) is 11.9. The van der Waals surface area contributed by atoms with Crippen LogP contribution in [-0.4, -0.2) is 24.5 Å². The summed E-state index contributed by atoms with van der Waals surface area (Å²) in [5.74, 6) is 2.28. The maximum atomic E-state index is 6.75. The first kappa shape index (κ1) is 37.2. The molecule has 0 saturated heterocycles. The molecule has 0 aliphatic rings. The van der Waals surface area contributed by atoms with Gasteiger partial charge in [-0.1, -0.05) is 152 Å². The first-order valence-electron chi connectivity index (χ1n) is 22.4. The highest BCUT2D eigenvalue weighted by Gasteiger charge is 2.21. The van der Waals surface area contributed by atoms with E-state index in [2.05, 4.69) is 174 Å². The molecule has 0 amide bonds. The lowest BCUT2D eigenvalue weighted by Crippen LogP contribution is -2.01. The number of benzene rings is 10. The molecule has 0 aliphatic heterocycles. The van der Waals surface area contributed by atoms with Crippen LogP contribution < -0.4 is 0 Å². The minimum Gasteiger partial charge on any atom is -0.456 e. The third-order valence-electron chi connectivity index (χ3n) is 13.1. The van der Waals surface area contributed by atoms with Crippen LogP contribution in [0.1, 0.15) is 0 Å². The van der Waals surface area contributed by atoms with Crippen LogP contribution in [0, 0.1) is 0 Å². The number of furan rings is 1. The molecular formula is C60H35N5O2. The van der Waals surface area contributed by atoms with Crippen molar-refractivity contribution >= 4 is 76.4 Å². The zero-order valence-corrected chi connectivity index (χ0v) is 35.8. The van der Waals surface area contributed by atoms with Crippen molar-refractivity contribution in [2.24, 2.45) is 0 Å². The Balaban J connectivity index is 0.967. The number of aromatic nitrogens is 5. The zero-order valence-electron chi connectivity index (χ0n) is 35.8. The third kappa shape index (κ3) is 5.99. The molecule has 0 bridgehead atoms. The van der Waals surface area contributed by atoms with Gasteiger partial charge in [-0.05, 0) is 93.3 Å². The van der Waals surface area contributed by atoms with E-state index in [-0.39, 0.29) is 0 Å². The fourth-order valence-electron chi connectivity index (χ4n) is 9.94. The number of nitrogens with zero attached hydrogens (tertiary/aromatic N) is 5. The Morgan fingerprint density at radius 2 is 0.910 bits per heavy atom. The van der Waals surface area contributed by atoms with Crippen molar-refractivity contribution in [3.05, 3.63) is 212 Å². The summed E-state index contributed by atoms with van der Waals surface area (Å²) in [7, 11) is 0. The molecule has 67 heavy (non-hydrogen) atoms. The molecule has 10 aromatic carbocycles. The average Bonchev–Trinajstić information content (AvgIpc) is 4.11. The molecular weight excluding hydrogens is 823 g/mol. The molecule has 0 unspecified atom stereocenters.